The fourth-order valence-electron chi connectivity index (χ4n) is 1.72. The zero-order valence-corrected chi connectivity index (χ0v) is 12.1. The number of anilines is 1. The summed E-state index contributed by atoms with van der Waals surface area (Å²) < 4.78 is 0. The molecule has 8 nitrogen and oxygen atoms in total. The Hall–Kier alpha value is -2.64. The minimum atomic E-state index is -0.663. The number of nitrogens with zero attached hydrogens (tertiary/aromatic N) is 1. The number of nitro groups is 1. The molecule has 0 spiro atoms. The van der Waals surface area contributed by atoms with Gasteiger partial charge in [0.1, 0.15) is 11.7 Å². The van der Waals surface area contributed by atoms with E-state index in [0.29, 0.717) is 6.54 Å². The van der Waals surface area contributed by atoms with Crippen LogP contribution in [0.15, 0.2) is 18.2 Å². The van der Waals surface area contributed by atoms with Crippen LogP contribution in [0.1, 0.15) is 24.2 Å². The number of amides is 2. The van der Waals surface area contributed by atoms with Crippen molar-refractivity contribution in [1.29, 1.82) is 0 Å². The standard InChI is InChI=1S/C13H18N4O4/c1-4-15-12(18)8(2)16-10-7-9(13(19)14-3)5-6-11(10)17(20)21/h5-8,16H,4H2,1-3H3,(H,14,19)(H,15,18). The maximum atomic E-state index is 11.7. The van der Waals surface area contributed by atoms with Crippen LogP contribution in [0.4, 0.5) is 11.4 Å². The average molecular weight is 294 g/mol. The van der Waals surface area contributed by atoms with Crippen molar-refractivity contribution in [3.63, 3.8) is 0 Å². The highest BCUT2D eigenvalue weighted by Gasteiger charge is 2.20. The number of carbonyl (C=O) groups excluding carboxylic acids is 2. The van der Waals surface area contributed by atoms with E-state index in [-0.39, 0.29) is 28.8 Å². The summed E-state index contributed by atoms with van der Waals surface area (Å²) in [6, 6.07) is 3.28. The van der Waals surface area contributed by atoms with Crippen LogP contribution in [0.2, 0.25) is 0 Å². The van der Waals surface area contributed by atoms with E-state index >= 15 is 0 Å². The summed E-state index contributed by atoms with van der Waals surface area (Å²) in [7, 11) is 1.47. The second-order valence-corrected chi connectivity index (χ2v) is 4.33. The minimum absolute atomic E-state index is 0.125. The normalized spacial score (nSPS) is 11.4. The summed E-state index contributed by atoms with van der Waals surface area (Å²) in [5.41, 5.74) is 0.201. The summed E-state index contributed by atoms with van der Waals surface area (Å²) in [5.74, 6) is -0.643. The first kappa shape index (κ1) is 16.4. The Morgan fingerprint density at radius 1 is 1.38 bits per heavy atom. The maximum Gasteiger partial charge on any atom is 0.292 e. The monoisotopic (exact) mass is 294 g/mol. The number of rotatable bonds is 6. The number of hydrogen-bond acceptors (Lipinski definition) is 5. The van der Waals surface area contributed by atoms with Gasteiger partial charge < -0.3 is 16.0 Å². The highest BCUT2D eigenvalue weighted by molar-refractivity contribution is 5.96. The van der Waals surface area contributed by atoms with Crippen molar-refractivity contribution in [2.75, 3.05) is 18.9 Å². The lowest BCUT2D eigenvalue weighted by molar-refractivity contribution is -0.384. The molecule has 0 saturated heterocycles. The predicted molar refractivity (Wildman–Crippen MR) is 78.3 cm³/mol. The Labute approximate surface area is 122 Å². The fourth-order valence-corrected chi connectivity index (χ4v) is 1.72. The van der Waals surface area contributed by atoms with Gasteiger partial charge in [-0.3, -0.25) is 19.7 Å². The van der Waals surface area contributed by atoms with Gasteiger partial charge in [0.15, 0.2) is 0 Å². The summed E-state index contributed by atoms with van der Waals surface area (Å²) >= 11 is 0. The molecule has 2 amide bonds. The third kappa shape index (κ3) is 4.16. The smallest absolute Gasteiger partial charge is 0.292 e. The zero-order valence-electron chi connectivity index (χ0n) is 12.1. The Morgan fingerprint density at radius 2 is 2.05 bits per heavy atom. The fraction of sp³-hybridized carbons (Fsp3) is 0.385. The summed E-state index contributed by atoms with van der Waals surface area (Å²) in [5, 5.41) is 18.8. The number of hydrogen-bond donors (Lipinski definition) is 3. The molecule has 0 aliphatic rings. The third-order valence-electron chi connectivity index (χ3n) is 2.80. The van der Waals surface area contributed by atoms with Crippen molar-refractivity contribution in [3.05, 3.63) is 33.9 Å². The van der Waals surface area contributed by atoms with Crippen molar-refractivity contribution in [1.82, 2.24) is 10.6 Å². The van der Waals surface area contributed by atoms with E-state index in [4.69, 9.17) is 0 Å². The van der Waals surface area contributed by atoms with E-state index in [1.165, 1.54) is 25.2 Å². The summed E-state index contributed by atoms with van der Waals surface area (Å²) in [6.07, 6.45) is 0. The molecule has 3 N–H and O–H groups in total. The molecule has 0 aliphatic carbocycles. The van der Waals surface area contributed by atoms with Crippen molar-refractivity contribution in [3.8, 4) is 0 Å². The van der Waals surface area contributed by atoms with Crippen LogP contribution in [0, 0.1) is 10.1 Å². The Morgan fingerprint density at radius 3 is 2.57 bits per heavy atom. The van der Waals surface area contributed by atoms with Crippen molar-refractivity contribution in [2.45, 2.75) is 19.9 Å². The van der Waals surface area contributed by atoms with Gasteiger partial charge in [-0.15, -0.1) is 0 Å². The SMILES string of the molecule is CCNC(=O)C(C)Nc1cc(C(=O)NC)ccc1[N+](=O)[O-]. The number of likely N-dealkylation sites (N-methyl/N-ethyl adjacent to an activating group) is 1. The number of nitrogens with one attached hydrogen (secondary N) is 3. The molecule has 1 aromatic rings. The molecule has 21 heavy (non-hydrogen) atoms. The molecule has 0 radical (unpaired) electrons. The quantitative estimate of drug-likeness (QED) is 0.532. The van der Waals surface area contributed by atoms with Crippen LogP contribution < -0.4 is 16.0 Å². The molecule has 1 atom stereocenters. The van der Waals surface area contributed by atoms with E-state index in [2.05, 4.69) is 16.0 Å². The van der Waals surface area contributed by atoms with E-state index in [1.807, 2.05) is 0 Å². The molecule has 0 saturated carbocycles. The van der Waals surface area contributed by atoms with Crippen molar-refractivity contribution in [2.24, 2.45) is 0 Å². The molecule has 114 valence electrons. The first-order chi connectivity index (χ1) is 9.90. The molecule has 0 aromatic heterocycles. The van der Waals surface area contributed by atoms with E-state index < -0.39 is 11.0 Å². The predicted octanol–water partition coefficient (Wildman–Crippen LogP) is 0.891. The lowest BCUT2D eigenvalue weighted by Crippen LogP contribution is -2.37. The van der Waals surface area contributed by atoms with Gasteiger partial charge in [-0.25, -0.2) is 0 Å². The van der Waals surface area contributed by atoms with Gasteiger partial charge in [0.2, 0.25) is 5.91 Å². The topological polar surface area (TPSA) is 113 Å². The molecule has 1 unspecified atom stereocenters. The largest absolute Gasteiger partial charge is 0.368 e. The number of carbonyl (C=O) groups is 2. The van der Waals surface area contributed by atoms with Crippen molar-refractivity contribution < 1.29 is 14.5 Å². The van der Waals surface area contributed by atoms with Gasteiger partial charge in [-0.2, -0.15) is 0 Å². The first-order valence-electron chi connectivity index (χ1n) is 6.45. The molecule has 0 heterocycles. The van der Waals surface area contributed by atoms with Gasteiger partial charge in [0.25, 0.3) is 11.6 Å². The molecule has 0 bridgehead atoms. The van der Waals surface area contributed by atoms with Crippen LogP contribution in [0.3, 0.4) is 0 Å². The summed E-state index contributed by atoms with van der Waals surface area (Å²) in [4.78, 5) is 33.7. The van der Waals surface area contributed by atoms with Crippen LogP contribution in [0.25, 0.3) is 0 Å². The minimum Gasteiger partial charge on any atom is -0.368 e. The Kier molecular flexibility index (Phi) is 5.65. The first-order valence-corrected chi connectivity index (χ1v) is 6.45. The third-order valence-corrected chi connectivity index (χ3v) is 2.80. The zero-order chi connectivity index (χ0) is 16.0. The van der Waals surface area contributed by atoms with E-state index in [0.717, 1.165) is 0 Å². The Bertz CT molecular complexity index is 559. The van der Waals surface area contributed by atoms with Crippen molar-refractivity contribution >= 4 is 23.2 Å². The molecule has 0 aliphatic heterocycles. The highest BCUT2D eigenvalue weighted by Crippen LogP contribution is 2.26. The van der Waals surface area contributed by atoms with Gasteiger partial charge in [-0.05, 0) is 26.0 Å². The number of nitro benzene ring substituents is 1. The summed E-state index contributed by atoms with van der Waals surface area (Å²) in [6.45, 7) is 3.83. The van der Waals surface area contributed by atoms with E-state index in [9.17, 15) is 19.7 Å². The second-order valence-electron chi connectivity index (χ2n) is 4.33. The molecule has 1 rings (SSSR count). The molecule has 1 aromatic carbocycles. The van der Waals surface area contributed by atoms with Gasteiger partial charge in [0.05, 0.1) is 4.92 Å². The van der Waals surface area contributed by atoms with Gasteiger partial charge in [-0.1, -0.05) is 0 Å². The maximum absolute atomic E-state index is 11.7. The van der Waals surface area contributed by atoms with Crippen LogP contribution in [-0.2, 0) is 4.79 Å². The average Bonchev–Trinajstić information content (AvgIpc) is 2.46. The molecule has 0 fully saturated rings. The lowest BCUT2D eigenvalue weighted by Gasteiger charge is -2.15. The van der Waals surface area contributed by atoms with Crippen LogP contribution in [-0.4, -0.2) is 36.4 Å². The van der Waals surface area contributed by atoms with Gasteiger partial charge >= 0.3 is 0 Å². The van der Waals surface area contributed by atoms with Crippen LogP contribution >= 0.6 is 0 Å². The molecular weight excluding hydrogens is 276 g/mol. The highest BCUT2D eigenvalue weighted by atomic mass is 16.6. The lowest BCUT2D eigenvalue weighted by atomic mass is 10.1. The van der Waals surface area contributed by atoms with Gasteiger partial charge in [0, 0.05) is 25.2 Å². The molecular formula is C13H18N4O4. The molecule has 8 heteroatoms. The second kappa shape index (κ2) is 7.22. The van der Waals surface area contributed by atoms with Crippen LogP contribution in [0.5, 0.6) is 0 Å². The van der Waals surface area contributed by atoms with E-state index in [1.54, 1.807) is 13.8 Å². The number of benzene rings is 1. The Balaban J connectivity index is 3.09.